The smallest absolute Gasteiger partial charge is 0.296 e. The molecule has 2 aromatic rings. The molecule has 3 rings (SSSR count). The number of oxazole rings is 1. The molecular weight excluding hydrogens is 228 g/mol. The summed E-state index contributed by atoms with van der Waals surface area (Å²) in [5, 5.41) is 6.23. The Morgan fingerprint density at radius 3 is 3.06 bits per heavy atom. The molecular formula is C11H11F2N3O. The van der Waals surface area contributed by atoms with Gasteiger partial charge in [0.1, 0.15) is 5.52 Å². The van der Waals surface area contributed by atoms with E-state index < -0.39 is 11.6 Å². The molecule has 2 heterocycles. The Kier molecular flexibility index (Phi) is 2.44. The lowest BCUT2D eigenvalue weighted by atomic mass is 10.3. The molecule has 1 aliphatic heterocycles. The second-order valence-electron chi connectivity index (χ2n) is 4.06. The highest BCUT2D eigenvalue weighted by atomic mass is 19.2. The van der Waals surface area contributed by atoms with Crippen LogP contribution in [0.4, 0.5) is 14.8 Å². The molecule has 2 N–H and O–H groups in total. The predicted octanol–water partition coefficient (Wildman–Crippen LogP) is 1.88. The molecule has 0 radical (unpaired) electrons. The zero-order valence-corrected chi connectivity index (χ0v) is 8.96. The minimum absolute atomic E-state index is 0.140. The van der Waals surface area contributed by atoms with E-state index in [1.54, 1.807) is 0 Å². The fourth-order valence-corrected chi connectivity index (χ4v) is 1.95. The van der Waals surface area contributed by atoms with E-state index >= 15 is 0 Å². The fourth-order valence-electron chi connectivity index (χ4n) is 1.95. The highest BCUT2D eigenvalue weighted by Crippen LogP contribution is 2.24. The minimum atomic E-state index is -0.993. The van der Waals surface area contributed by atoms with Gasteiger partial charge in [0.15, 0.2) is 11.4 Å². The number of rotatable bonds is 2. The van der Waals surface area contributed by atoms with Crippen molar-refractivity contribution in [3.8, 4) is 0 Å². The zero-order chi connectivity index (χ0) is 11.8. The van der Waals surface area contributed by atoms with Crippen molar-refractivity contribution >= 4 is 17.1 Å². The average molecular weight is 239 g/mol. The average Bonchev–Trinajstić information content (AvgIpc) is 2.93. The summed E-state index contributed by atoms with van der Waals surface area (Å²) in [4.78, 5) is 4.07. The number of aromatic nitrogens is 1. The zero-order valence-electron chi connectivity index (χ0n) is 8.96. The topological polar surface area (TPSA) is 50.1 Å². The number of halogens is 2. The number of fused-ring (bicyclic) bond motifs is 1. The molecule has 1 fully saturated rings. The molecule has 1 saturated heterocycles. The number of nitrogens with one attached hydrogen (secondary N) is 2. The summed E-state index contributed by atoms with van der Waals surface area (Å²) in [6.07, 6.45) is 0.954. The SMILES string of the molecule is Fc1ccc2nc(N[C@@H]3CCNC3)oc2c1F. The monoisotopic (exact) mass is 239 g/mol. The Labute approximate surface area is 96.0 Å². The van der Waals surface area contributed by atoms with Crippen molar-refractivity contribution in [2.24, 2.45) is 0 Å². The molecule has 1 aromatic heterocycles. The molecule has 6 heteroatoms. The first-order chi connectivity index (χ1) is 8.24. The van der Waals surface area contributed by atoms with E-state index in [0.29, 0.717) is 5.52 Å². The van der Waals surface area contributed by atoms with Crippen LogP contribution in [0.2, 0.25) is 0 Å². The summed E-state index contributed by atoms with van der Waals surface area (Å²) in [7, 11) is 0. The molecule has 0 amide bonds. The van der Waals surface area contributed by atoms with Gasteiger partial charge in [-0.3, -0.25) is 0 Å². The Morgan fingerprint density at radius 1 is 1.41 bits per heavy atom. The van der Waals surface area contributed by atoms with Gasteiger partial charge in [0, 0.05) is 12.6 Å². The van der Waals surface area contributed by atoms with Crippen molar-refractivity contribution in [3.05, 3.63) is 23.8 Å². The first-order valence-corrected chi connectivity index (χ1v) is 5.46. The van der Waals surface area contributed by atoms with Crippen LogP contribution >= 0.6 is 0 Å². The van der Waals surface area contributed by atoms with Gasteiger partial charge < -0.3 is 15.1 Å². The highest BCUT2D eigenvalue weighted by Gasteiger charge is 2.18. The molecule has 1 atom stereocenters. The van der Waals surface area contributed by atoms with E-state index in [1.807, 2.05) is 0 Å². The molecule has 1 aliphatic rings. The Hall–Kier alpha value is -1.69. The largest absolute Gasteiger partial charge is 0.420 e. The van der Waals surface area contributed by atoms with Crippen LogP contribution < -0.4 is 10.6 Å². The quantitative estimate of drug-likeness (QED) is 0.840. The maximum absolute atomic E-state index is 13.4. The van der Waals surface area contributed by atoms with Crippen LogP contribution in [-0.2, 0) is 0 Å². The lowest BCUT2D eigenvalue weighted by Crippen LogP contribution is -2.22. The van der Waals surface area contributed by atoms with E-state index in [2.05, 4.69) is 15.6 Å². The van der Waals surface area contributed by atoms with Gasteiger partial charge in [0.2, 0.25) is 5.82 Å². The summed E-state index contributed by atoms with van der Waals surface area (Å²) in [6.45, 7) is 1.75. The Balaban J connectivity index is 1.93. The number of nitrogens with zero attached hydrogens (tertiary/aromatic N) is 1. The van der Waals surface area contributed by atoms with Crippen LogP contribution in [0.3, 0.4) is 0 Å². The lowest BCUT2D eigenvalue weighted by molar-refractivity contribution is 0.492. The van der Waals surface area contributed by atoms with Crippen LogP contribution in [0.15, 0.2) is 16.5 Å². The van der Waals surface area contributed by atoms with Crippen LogP contribution in [0, 0.1) is 11.6 Å². The first kappa shape index (κ1) is 10.5. The maximum Gasteiger partial charge on any atom is 0.296 e. The van der Waals surface area contributed by atoms with Gasteiger partial charge in [-0.25, -0.2) is 4.39 Å². The molecule has 90 valence electrons. The number of benzene rings is 1. The lowest BCUT2D eigenvalue weighted by Gasteiger charge is -2.07. The molecule has 0 bridgehead atoms. The van der Waals surface area contributed by atoms with Crippen molar-refractivity contribution in [2.75, 3.05) is 18.4 Å². The van der Waals surface area contributed by atoms with Gasteiger partial charge in [-0.05, 0) is 25.1 Å². The highest BCUT2D eigenvalue weighted by molar-refractivity contribution is 5.75. The summed E-state index contributed by atoms with van der Waals surface area (Å²) >= 11 is 0. The summed E-state index contributed by atoms with van der Waals surface area (Å²) in [6, 6.07) is 2.89. The predicted molar refractivity (Wildman–Crippen MR) is 58.8 cm³/mol. The van der Waals surface area contributed by atoms with Crippen molar-refractivity contribution in [1.29, 1.82) is 0 Å². The number of hydrogen-bond donors (Lipinski definition) is 2. The summed E-state index contributed by atoms with van der Waals surface area (Å²) in [5.74, 6) is -1.92. The van der Waals surface area contributed by atoms with Crippen molar-refractivity contribution < 1.29 is 13.2 Å². The van der Waals surface area contributed by atoms with Gasteiger partial charge in [0.25, 0.3) is 6.01 Å². The number of hydrogen-bond acceptors (Lipinski definition) is 4. The molecule has 1 aromatic carbocycles. The Bertz CT molecular complexity index is 549. The molecule has 0 unspecified atom stereocenters. The van der Waals surface area contributed by atoms with Gasteiger partial charge in [-0.2, -0.15) is 9.37 Å². The van der Waals surface area contributed by atoms with Gasteiger partial charge in [0.05, 0.1) is 0 Å². The van der Waals surface area contributed by atoms with Gasteiger partial charge in [-0.15, -0.1) is 0 Å². The standard InChI is InChI=1S/C11H11F2N3O/c12-7-1-2-8-10(9(7)13)17-11(16-8)15-6-3-4-14-5-6/h1-2,6,14H,3-5H2,(H,15,16)/t6-/m1/s1. The minimum Gasteiger partial charge on any atom is -0.420 e. The molecule has 17 heavy (non-hydrogen) atoms. The normalized spacial score (nSPS) is 20.0. The van der Waals surface area contributed by atoms with Gasteiger partial charge in [-0.1, -0.05) is 0 Å². The van der Waals surface area contributed by atoms with E-state index in [-0.39, 0.29) is 17.6 Å². The van der Waals surface area contributed by atoms with Gasteiger partial charge >= 0.3 is 0 Å². The van der Waals surface area contributed by atoms with E-state index in [0.717, 1.165) is 25.6 Å². The maximum atomic E-state index is 13.4. The number of anilines is 1. The van der Waals surface area contributed by atoms with Crippen LogP contribution in [0.5, 0.6) is 0 Å². The molecule has 4 nitrogen and oxygen atoms in total. The Morgan fingerprint density at radius 2 is 2.29 bits per heavy atom. The fraction of sp³-hybridized carbons (Fsp3) is 0.364. The van der Waals surface area contributed by atoms with Crippen molar-refractivity contribution in [2.45, 2.75) is 12.5 Å². The second kappa shape index (κ2) is 3.96. The van der Waals surface area contributed by atoms with Crippen LogP contribution in [0.25, 0.3) is 11.1 Å². The summed E-state index contributed by atoms with van der Waals surface area (Å²) < 4.78 is 31.5. The molecule has 0 aliphatic carbocycles. The third-order valence-corrected chi connectivity index (χ3v) is 2.84. The third kappa shape index (κ3) is 1.84. The second-order valence-corrected chi connectivity index (χ2v) is 4.06. The first-order valence-electron chi connectivity index (χ1n) is 5.46. The van der Waals surface area contributed by atoms with Crippen molar-refractivity contribution in [1.82, 2.24) is 10.3 Å². The van der Waals surface area contributed by atoms with Crippen LogP contribution in [-0.4, -0.2) is 24.1 Å². The van der Waals surface area contributed by atoms with E-state index in [4.69, 9.17) is 4.42 Å². The van der Waals surface area contributed by atoms with Crippen molar-refractivity contribution in [3.63, 3.8) is 0 Å². The van der Waals surface area contributed by atoms with E-state index in [1.165, 1.54) is 6.07 Å². The summed E-state index contributed by atoms with van der Waals surface area (Å²) in [5.41, 5.74) is 0.177. The third-order valence-electron chi connectivity index (χ3n) is 2.84. The molecule has 0 saturated carbocycles. The molecule has 0 spiro atoms. The van der Waals surface area contributed by atoms with E-state index in [9.17, 15) is 8.78 Å². The van der Waals surface area contributed by atoms with Crippen LogP contribution in [0.1, 0.15) is 6.42 Å².